The van der Waals surface area contributed by atoms with E-state index in [0.717, 1.165) is 18.4 Å². The van der Waals surface area contributed by atoms with Crippen LogP contribution in [0, 0.1) is 11.8 Å². The first-order valence-electron chi connectivity index (χ1n) is 12.8. The van der Waals surface area contributed by atoms with Gasteiger partial charge in [-0.3, -0.25) is 9.59 Å². The Labute approximate surface area is 217 Å². The number of amides is 2. The molecule has 2 unspecified atom stereocenters. The van der Waals surface area contributed by atoms with Crippen molar-refractivity contribution in [2.75, 3.05) is 37.8 Å². The molecule has 10 nitrogen and oxygen atoms in total. The number of ether oxygens (including phenoxy) is 1. The number of hydrogen-bond acceptors (Lipinski definition) is 8. The van der Waals surface area contributed by atoms with Crippen LogP contribution in [0.25, 0.3) is 0 Å². The highest BCUT2D eigenvalue weighted by Crippen LogP contribution is 2.31. The number of carbonyl (C=O) groups is 2. The lowest BCUT2D eigenvalue weighted by atomic mass is 9.99. The molecule has 2 heterocycles. The summed E-state index contributed by atoms with van der Waals surface area (Å²) in [4.78, 5) is 32.1. The summed E-state index contributed by atoms with van der Waals surface area (Å²) in [6, 6.07) is 8.83. The minimum atomic E-state index is -3.54. The Morgan fingerprint density at radius 1 is 1.16 bits per heavy atom. The largest absolute Gasteiger partial charge is 0.446 e. The van der Waals surface area contributed by atoms with Gasteiger partial charge >= 0.3 is 0 Å². The molecule has 2 N–H and O–H groups in total. The normalized spacial score (nSPS) is 18.7. The number of morpholine rings is 1. The Bertz CT molecular complexity index is 1110. The zero-order chi connectivity index (χ0) is 26.3. The fraction of sp³-hybridized carbons (Fsp3) is 0.577. The number of aryl methyl sites for hydroxylation is 1. The smallest absolute Gasteiger partial charge is 0.224 e. The van der Waals surface area contributed by atoms with Crippen LogP contribution in [0.4, 0.5) is 0 Å². The lowest BCUT2D eigenvalue weighted by molar-refractivity contribution is -0.139. The van der Waals surface area contributed by atoms with Crippen LogP contribution in [-0.4, -0.2) is 79.1 Å². The highest BCUT2D eigenvalue weighted by molar-refractivity contribution is 7.91. The summed E-state index contributed by atoms with van der Waals surface area (Å²) in [5.74, 6) is -2.13. The van der Waals surface area contributed by atoms with Crippen molar-refractivity contribution in [2.24, 2.45) is 11.8 Å². The maximum absolute atomic E-state index is 13.5. The van der Waals surface area contributed by atoms with Gasteiger partial charge in [0.2, 0.25) is 17.7 Å². The van der Waals surface area contributed by atoms with E-state index in [2.05, 4.69) is 10.3 Å². The van der Waals surface area contributed by atoms with Gasteiger partial charge in [-0.25, -0.2) is 13.4 Å². The predicted octanol–water partition coefficient (Wildman–Crippen LogP) is 1.52. The lowest BCUT2D eigenvalue weighted by Gasteiger charge is -2.29. The van der Waals surface area contributed by atoms with Gasteiger partial charge in [-0.05, 0) is 37.2 Å². The van der Waals surface area contributed by atoms with Crippen LogP contribution in [0.3, 0.4) is 0 Å². The van der Waals surface area contributed by atoms with Gasteiger partial charge in [-0.15, -0.1) is 0 Å². The average molecular weight is 534 g/mol. The number of oxazole rings is 1. The maximum atomic E-state index is 13.5. The van der Waals surface area contributed by atoms with Crippen LogP contribution >= 0.6 is 0 Å². The number of aliphatic hydroxyl groups excluding tert-OH is 1. The van der Waals surface area contributed by atoms with E-state index in [-0.39, 0.29) is 29.9 Å². The van der Waals surface area contributed by atoms with E-state index in [1.54, 1.807) is 4.90 Å². The van der Waals surface area contributed by atoms with Crippen molar-refractivity contribution >= 4 is 21.7 Å². The second-order valence-electron chi connectivity index (χ2n) is 9.87. The van der Waals surface area contributed by atoms with Crippen molar-refractivity contribution in [2.45, 2.75) is 44.2 Å². The van der Waals surface area contributed by atoms with Gasteiger partial charge in [-0.2, -0.15) is 0 Å². The van der Waals surface area contributed by atoms with Crippen LogP contribution in [0.1, 0.15) is 43.2 Å². The van der Waals surface area contributed by atoms with Gasteiger partial charge in [0.25, 0.3) is 0 Å². The molecule has 11 heteroatoms. The first-order valence-corrected chi connectivity index (χ1v) is 14.6. The molecule has 2 fully saturated rings. The maximum Gasteiger partial charge on any atom is 0.224 e. The fourth-order valence-corrected chi connectivity index (χ4v) is 6.60. The van der Waals surface area contributed by atoms with Crippen molar-refractivity contribution in [3.8, 4) is 0 Å². The van der Waals surface area contributed by atoms with Crippen LogP contribution in [0.5, 0.6) is 0 Å². The van der Waals surface area contributed by atoms with Gasteiger partial charge in [0.1, 0.15) is 6.26 Å². The van der Waals surface area contributed by atoms with Gasteiger partial charge in [0.15, 0.2) is 15.9 Å². The summed E-state index contributed by atoms with van der Waals surface area (Å²) in [7, 11) is -3.54. The molecule has 1 aromatic heterocycles. The van der Waals surface area contributed by atoms with Gasteiger partial charge in [0, 0.05) is 19.5 Å². The van der Waals surface area contributed by atoms with Crippen molar-refractivity contribution in [3.63, 3.8) is 0 Å². The Morgan fingerprint density at radius 2 is 1.89 bits per heavy atom. The second-order valence-corrected chi connectivity index (χ2v) is 12.0. The molecule has 1 aromatic carbocycles. The zero-order valence-corrected chi connectivity index (χ0v) is 21.6. The molecule has 1 saturated carbocycles. The molecule has 202 valence electrons. The van der Waals surface area contributed by atoms with Gasteiger partial charge in [-0.1, -0.05) is 30.3 Å². The first-order chi connectivity index (χ1) is 17.8. The number of nitrogens with one attached hydrogen (secondary N) is 1. The predicted molar refractivity (Wildman–Crippen MR) is 135 cm³/mol. The number of nitrogens with zero attached hydrogens (tertiary/aromatic N) is 2. The van der Waals surface area contributed by atoms with Crippen LogP contribution in [0.2, 0.25) is 0 Å². The van der Waals surface area contributed by atoms with E-state index in [9.17, 15) is 23.1 Å². The van der Waals surface area contributed by atoms with Crippen molar-refractivity contribution in [1.29, 1.82) is 0 Å². The monoisotopic (exact) mass is 533 g/mol. The van der Waals surface area contributed by atoms with Gasteiger partial charge < -0.3 is 24.5 Å². The molecule has 1 aliphatic heterocycles. The quantitative estimate of drug-likeness (QED) is 0.395. The van der Waals surface area contributed by atoms with E-state index in [0.29, 0.717) is 39.1 Å². The number of carbonyl (C=O) groups excluding carboxylic acids is 2. The summed E-state index contributed by atoms with van der Waals surface area (Å²) in [5.41, 5.74) is 1.02. The number of aromatic nitrogens is 1. The third-order valence-electron chi connectivity index (χ3n) is 6.80. The van der Waals surface area contributed by atoms with Crippen molar-refractivity contribution in [1.82, 2.24) is 15.2 Å². The van der Waals surface area contributed by atoms with Crippen LogP contribution in [0.15, 0.2) is 47.2 Å². The van der Waals surface area contributed by atoms with Gasteiger partial charge in [0.05, 0.1) is 42.9 Å². The summed E-state index contributed by atoms with van der Waals surface area (Å²) in [5, 5.41) is 13.8. The molecule has 0 radical (unpaired) electrons. The first kappa shape index (κ1) is 27.3. The molecule has 2 aliphatic rings. The Balaban J connectivity index is 1.49. The third kappa shape index (κ3) is 8.37. The number of hydrogen-bond donors (Lipinski definition) is 2. The molecular formula is C26H35N3O7S. The third-order valence-corrected chi connectivity index (χ3v) is 8.69. The highest BCUT2D eigenvalue weighted by atomic mass is 32.2. The molecule has 37 heavy (non-hydrogen) atoms. The Hall–Kier alpha value is -2.76. The molecule has 1 aliphatic carbocycles. The number of benzene rings is 1. The molecular weight excluding hydrogens is 498 g/mol. The number of sulfone groups is 1. The highest BCUT2D eigenvalue weighted by Gasteiger charge is 2.36. The molecule has 0 bridgehead atoms. The summed E-state index contributed by atoms with van der Waals surface area (Å²) < 4.78 is 36.3. The van der Waals surface area contributed by atoms with Crippen molar-refractivity contribution in [3.05, 3.63) is 54.2 Å². The number of rotatable bonds is 13. The van der Waals surface area contributed by atoms with Crippen LogP contribution in [-0.2, 0) is 30.6 Å². The molecule has 2 amide bonds. The molecule has 2 aromatic rings. The van der Waals surface area contributed by atoms with E-state index >= 15 is 0 Å². The lowest BCUT2D eigenvalue weighted by Crippen LogP contribution is -2.47. The van der Waals surface area contributed by atoms with E-state index in [1.165, 1.54) is 12.5 Å². The fourth-order valence-electron chi connectivity index (χ4n) is 4.53. The minimum absolute atomic E-state index is 0.0267. The Morgan fingerprint density at radius 3 is 2.54 bits per heavy atom. The minimum Gasteiger partial charge on any atom is -0.446 e. The van der Waals surface area contributed by atoms with E-state index in [1.807, 2.05) is 30.3 Å². The summed E-state index contributed by atoms with van der Waals surface area (Å²) in [6.45, 7) is 1.63. The van der Waals surface area contributed by atoms with E-state index < -0.39 is 39.6 Å². The second kappa shape index (κ2) is 12.7. The van der Waals surface area contributed by atoms with E-state index in [4.69, 9.17) is 9.15 Å². The standard InChI is InChI=1S/C26H35N3O7S/c30-23(29-11-14-35-15-12-29)16-21(18-37(33,34)17-20-6-7-20)25(32)28-22(24(31)26-27-10-13-36-26)9-8-19-4-2-1-3-5-19/h1-5,10,13,20-22,24,31H,6-9,11-12,14-18H2,(H,28,32)/t21?,22-,24?/m0/s1. The molecule has 4 rings (SSSR count). The molecule has 0 spiro atoms. The van der Waals surface area contributed by atoms with Crippen molar-refractivity contribution < 1.29 is 32.3 Å². The molecule has 1 saturated heterocycles. The summed E-state index contributed by atoms with van der Waals surface area (Å²) >= 11 is 0. The average Bonchev–Trinajstić information content (AvgIpc) is 3.52. The number of aliphatic hydroxyl groups is 1. The zero-order valence-electron chi connectivity index (χ0n) is 20.8. The Kier molecular flexibility index (Phi) is 9.33. The summed E-state index contributed by atoms with van der Waals surface area (Å²) in [6.07, 6.45) is 3.93. The topological polar surface area (TPSA) is 139 Å². The molecule has 3 atom stereocenters. The SMILES string of the molecule is O=C(N[C@@H](CCc1ccccc1)C(O)c1ncco1)C(CC(=O)N1CCOCC1)CS(=O)(=O)CC1CC1. The van der Waals surface area contributed by atoms with Crippen LogP contribution < -0.4 is 5.32 Å².